The van der Waals surface area contributed by atoms with Crippen molar-refractivity contribution in [3.63, 3.8) is 0 Å². The molecule has 2 aliphatic heterocycles. The van der Waals surface area contributed by atoms with Crippen molar-refractivity contribution in [2.75, 3.05) is 33.0 Å². The molecule has 0 spiro atoms. The first kappa shape index (κ1) is 17.6. The van der Waals surface area contributed by atoms with E-state index >= 15 is 0 Å². The van der Waals surface area contributed by atoms with Gasteiger partial charge in [-0.1, -0.05) is 12.8 Å². The van der Waals surface area contributed by atoms with Crippen molar-refractivity contribution in [1.82, 2.24) is 5.32 Å². The zero-order chi connectivity index (χ0) is 17.9. The van der Waals surface area contributed by atoms with E-state index in [1.807, 2.05) is 6.07 Å². The first-order chi connectivity index (χ1) is 12.7. The average Bonchev–Trinajstić information content (AvgIpc) is 3.33. The lowest BCUT2D eigenvalue weighted by Crippen LogP contribution is -3.29. The fourth-order valence-electron chi connectivity index (χ4n) is 4.46. The summed E-state index contributed by atoms with van der Waals surface area (Å²) in [4.78, 5) is 15.5. The molecular weight excluding hydrogens is 330 g/mol. The van der Waals surface area contributed by atoms with Crippen molar-refractivity contribution in [2.45, 2.75) is 51.2 Å². The molecule has 3 aliphatic rings. The number of quaternary nitrogens is 2. The van der Waals surface area contributed by atoms with Gasteiger partial charge in [0.2, 0.25) is 6.79 Å². The molecule has 2 heterocycles. The van der Waals surface area contributed by atoms with E-state index in [4.69, 9.17) is 9.47 Å². The number of hydrogen-bond donors (Lipinski definition) is 3. The minimum absolute atomic E-state index is 0.0580. The maximum absolute atomic E-state index is 12.5. The van der Waals surface area contributed by atoms with Gasteiger partial charge >= 0.3 is 0 Å². The summed E-state index contributed by atoms with van der Waals surface area (Å²) in [6.07, 6.45) is 4.82. The molecule has 1 aromatic carbocycles. The number of piperazine rings is 1. The van der Waals surface area contributed by atoms with Crippen LogP contribution in [0.4, 0.5) is 0 Å². The van der Waals surface area contributed by atoms with Crippen molar-refractivity contribution >= 4 is 5.91 Å². The van der Waals surface area contributed by atoms with E-state index in [0.717, 1.165) is 57.1 Å². The predicted molar refractivity (Wildman–Crippen MR) is 97.5 cm³/mol. The Morgan fingerprint density at radius 2 is 1.88 bits per heavy atom. The van der Waals surface area contributed by atoms with Crippen LogP contribution in [0, 0.1) is 0 Å². The van der Waals surface area contributed by atoms with E-state index in [1.54, 1.807) is 4.90 Å². The summed E-state index contributed by atoms with van der Waals surface area (Å²) >= 11 is 0. The molecule has 3 N–H and O–H groups in total. The highest BCUT2D eigenvalue weighted by Gasteiger charge is 2.32. The van der Waals surface area contributed by atoms with Crippen LogP contribution in [0.15, 0.2) is 18.2 Å². The number of hydrogen-bond acceptors (Lipinski definition) is 3. The van der Waals surface area contributed by atoms with Crippen molar-refractivity contribution < 1.29 is 24.1 Å². The molecule has 0 radical (unpaired) electrons. The highest BCUT2D eigenvalue weighted by Crippen LogP contribution is 2.32. The van der Waals surface area contributed by atoms with E-state index in [9.17, 15) is 4.79 Å². The number of ether oxygens (including phenoxy) is 2. The standard InChI is InChI=1S/C20H29N3O3/c1-15(20(24)21-17-4-2-3-5-17)23-10-8-22(9-11-23)13-16-6-7-18-19(12-16)26-14-25-18/h6-7,12,15,17H,2-5,8-11,13-14H2,1H3,(H,21,24)/p+2/t15-/m1/s1. The molecule has 0 unspecified atom stereocenters. The highest BCUT2D eigenvalue weighted by atomic mass is 16.7. The van der Waals surface area contributed by atoms with Gasteiger partial charge in [-0.25, -0.2) is 0 Å². The molecule has 1 atom stereocenters. The second kappa shape index (κ2) is 7.84. The summed E-state index contributed by atoms with van der Waals surface area (Å²) in [5, 5.41) is 3.26. The molecule has 4 rings (SSSR count). The fraction of sp³-hybridized carbons (Fsp3) is 0.650. The molecule has 1 amide bonds. The fourth-order valence-corrected chi connectivity index (χ4v) is 4.46. The first-order valence-corrected chi connectivity index (χ1v) is 10.1. The van der Waals surface area contributed by atoms with Crippen LogP contribution in [0.5, 0.6) is 11.5 Å². The number of benzene rings is 1. The predicted octanol–water partition coefficient (Wildman–Crippen LogP) is -0.854. The Morgan fingerprint density at radius 1 is 1.15 bits per heavy atom. The van der Waals surface area contributed by atoms with Crippen LogP contribution in [0.2, 0.25) is 0 Å². The summed E-state index contributed by atoms with van der Waals surface area (Å²) in [5.41, 5.74) is 1.29. The Labute approximate surface area is 155 Å². The zero-order valence-electron chi connectivity index (χ0n) is 15.7. The van der Waals surface area contributed by atoms with Crippen LogP contribution < -0.4 is 24.6 Å². The molecule has 2 fully saturated rings. The summed E-state index contributed by atoms with van der Waals surface area (Å²) in [6.45, 7) is 7.73. The minimum atomic E-state index is 0.0580. The molecule has 1 saturated heterocycles. The smallest absolute Gasteiger partial charge is 0.278 e. The van der Waals surface area contributed by atoms with Gasteiger partial charge in [-0.05, 0) is 38.0 Å². The van der Waals surface area contributed by atoms with Crippen LogP contribution in [0.1, 0.15) is 38.2 Å². The molecule has 1 aromatic rings. The molecule has 6 heteroatoms. The van der Waals surface area contributed by atoms with E-state index in [1.165, 1.54) is 23.3 Å². The van der Waals surface area contributed by atoms with Gasteiger partial charge in [0.05, 0.1) is 0 Å². The lowest BCUT2D eigenvalue weighted by atomic mass is 10.1. The van der Waals surface area contributed by atoms with Crippen LogP contribution in [0.25, 0.3) is 0 Å². The summed E-state index contributed by atoms with van der Waals surface area (Å²) in [5.74, 6) is 1.95. The number of amides is 1. The van der Waals surface area contributed by atoms with Gasteiger partial charge in [-0.3, -0.25) is 4.79 Å². The SMILES string of the molecule is C[C@H](C(=O)NC1CCCC1)[NH+]1CC[NH+](Cc2ccc3c(c2)OCO3)CC1. The van der Waals surface area contributed by atoms with E-state index < -0.39 is 0 Å². The molecule has 1 aliphatic carbocycles. The maximum Gasteiger partial charge on any atom is 0.278 e. The van der Waals surface area contributed by atoms with Crippen molar-refractivity contribution in [2.24, 2.45) is 0 Å². The summed E-state index contributed by atoms with van der Waals surface area (Å²) in [7, 11) is 0. The number of carbonyl (C=O) groups is 1. The molecular formula is C20H31N3O3+2. The lowest BCUT2D eigenvalue weighted by molar-refractivity contribution is -1.02. The number of fused-ring (bicyclic) bond motifs is 1. The molecule has 26 heavy (non-hydrogen) atoms. The Hall–Kier alpha value is -1.79. The second-order valence-electron chi connectivity index (χ2n) is 7.98. The normalized spacial score (nSPS) is 26.7. The topological polar surface area (TPSA) is 56.4 Å². The third-order valence-corrected chi connectivity index (χ3v) is 6.20. The van der Waals surface area contributed by atoms with E-state index in [2.05, 4.69) is 24.4 Å². The molecule has 0 aromatic heterocycles. The van der Waals surface area contributed by atoms with Gasteiger partial charge < -0.3 is 24.6 Å². The van der Waals surface area contributed by atoms with Crippen molar-refractivity contribution in [3.8, 4) is 11.5 Å². The van der Waals surface area contributed by atoms with E-state index in [0.29, 0.717) is 12.8 Å². The van der Waals surface area contributed by atoms with Gasteiger partial charge in [0, 0.05) is 11.6 Å². The first-order valence-electron chi connectivity index (χ1n) is 10.1. The molecule has 0 bridgehead atoms. The van der Waals surface area contributed by atoms with E-state index in [-0.39, 0.29) is 11.9 Å². The van der Waals surface area contributed by atoms with Crippen LogP contribution in [-0.4, -0.2) is 51.0 Å². The second-order valence-corrected chi connectivity index (χ2v) is 7.98. The van der Waals surface area contributed by atoms with Gasteiger partial charge in [-0.2, -0.15) is 0 Å². The quantitative estimate of drug-likeness (QED) is 0.640. The Kier molecular flexibility index (Phi) is 5.31. The molecule has 1 saturated carbocycles. The highest BCUT2D eigenvalue weighted by molar-refractivity contribution is 5.80. The number of carbonyl (C=O) groups excluding carboxylic acids is 1. The summed E-state index contributed by atoms with van der Waals surface area (Å²) < 4.78 is 10.9. The van der Waals surface area contributed by atoms with Crippen LogP contribution in [-0.2, 0) is 11.3 Å². The lowest BCUT2D eigenvalue weighted by Gasteiger charge is -2.33. The monoisotopic (exact) mass is 361 g/mol. The Bertz CT molecular complexity index is 637. The average molecular weight is 361 g/mol. The van der Waals surface area contributed by atoms with Crippen molar-refractivity contribution in [1.29, 1.82) is 0 Å². The largest absolute Gasteiger partial charge is 0.454 e. The Balaban J connectivity index is 1.25. The zero-order valence-corrected chi connectivity index (χ0v) is 15.7. The minimum Gasteiger partial charge on any atom is -0.454 e. The van der Waals surface area contributed by atoms with Crippen LogP contribution >= 0.6 is 0 Å². The van der Waals surface area contributed by atoms with Gasteiger partial charge in [0.15, 0.2) is 17.5 Å². The summed E-state index contributed by atoms with van der Waals surface area (Å²) in [6, 6.07) is 6.72. The third kappa shape index (κ3) is 3.96. The third-order valence-electron chi connectivity index (χ3n) is 6.20. The number of rotatable bonds is 5. The van der Waals surface area contributed by atoms with Gasteiger partial charge in [0.1, 0.15) is 32.7 Å². The van der Waals surface area contributed by atoms with Crippen LogP contribution in [0.3, 0.4) is 0 Å². The molecule has 142 valence electrons. The van der Waals surface area contributed by atoms with Crippen molar-refractivity contribution in [3.05, 3.63) is 23.8 Å². The maximum atomic E-state index is 12.5. The molecule has 6 nitrogen and oxygen atoms in total. The van der Waals surface area contributed by atoms with Gasteiger partial charge in [0.25, 0.3) is 5.91 Å². The number of nitrogens with one attached hydrogen (secondary N) is 3. The van der Waals surface area contributed by atoms with Gasteiger partial charge in [-0.15, -0.1) is 0 Å². The Morgan fingerprint density at radius 3 is 2.65 bits per heavy atom.